The summed E-state index contributed by atoms with van der Waals surface area (Å²) in [6, 6.07) is 3.40. The molecule has 7 nitrogen and oxygen atoms in total. The molecule has 2 atom stereocenters. The van der Waals surface area contributed by atoms with Crippen molar-refractivity contribution < 1.29 is 19.0 Å². The number of nitrogens with zero attached hydrogens (tertiary/aromatic N) is 2. The number of amides is 1. The van der Waals surface area contributed by atoms with Crippen molar-refractivity contribution in [2.75, 3.05) is 18.8 Å². The third-order valence-corrected chi connectivity index (χ3v) is 5.24. The van der Waals surface area contributed by atoms with Crippen molar-refractivity contribution in [2.24, 2.45) is 0 Å². The van der Waals surface area contributed by atoms with Gasteiger partial charge >= 0.3 is 0 Å². The summed E-state index contributed by atoms with van der Waals surface area (Å²) in [4.78, 5) is 23.9. The third kappa shape index (κ3) is 3.38. The van der Waals surface area contributed by atoms with E-state index in [-0.39, 0.29) is 16.5 Å². The van der Waals surface area contributed by atoms with Crippen molar-refractivity contribution in [3.05, 3.63) is 33.9 Å². The minimum absolute atomic E-state index is 0.0286. The molecule has 0 saturated carbocycles. The van der Waals surface area contributed by atoms with Crippen LogP contribution in [0.4, 0.5) is 5.69 Å². The van der Waals surface area contributed by atoms with E-state index in [0.717, 1.165) is 6.07 Å². The summed E-state index contributed by atoms with van der Waals surface area (Å²) in [5.74, 6) is -0.401. The van der Waals surface area contributed by atoms with Crippen LogP contribution in [0.25, 0.3) is 0 Å². The van der Waals surface area contributed by atoms with Gasteiger partial charge in [0.25, 0.3) is 11.6 Å². The largest absolute Gasteiger partial charge is 0.507 e. The van der Waals surface area contributed by atoms with Gasteiger partial charge in [0.2, 0.25) is 0 Å². The highest BCUT2D eigenvalue weighted by molar-refractivity contribution is 7.85. The SMILES string of the molecule is C[C@H]1CCN(C(=O)c2ccc([N+](=O)[O-])cc2O)CC[S@]1=O. The summed E-state index contributed by atoms with van der Waals surface area (Å²) < 4.78 is 11.8. The second-order valence-electron chi connectivity index (χ2n) is 4.93. The monoisotopic (exact) mass is 312 g/mol. The van der Waals surface area contributed by atoms with Gasteiger partial charge in [0.1, 0.15) is 5.75 Å². The molecule has 0 bridgehead atoms. The molecule has 0 unspecified atom stereocenters. The van der Waals surface area contributed by atoms with Gasteiger partial charge in [-0.05, 0) is 12.5 Å². The summed E-state index contributed by atoms with van der Waals surface area (Å²) in [7, 11) is -0.957. The minimum atomic E-state index is -0.957. The summed E-state index contributed by atoms with van der Waals surface area (Å²) in [5.41, 5.74) is -0.240. The van der Waals surface area contributed by atoms with Gasteiger partial charge in [-0.25, -0.2) is 0 Å². The van der Waals surface area contributed by atoms with Crippen LogP contribution in [0.15, 0.2) is 18.2 Å². The van der Waals surface area contributed by atoms with Crippen LogP contribution in [0.3, 0.4) is 0 Å². The summed E-state index contributed by atoms with van der Waals surface area (Å²) in [5, 5.41) is 20.5. The minimum Gasteiger partial charge on any atom is -0.507 e. The maximum absolute atomic E-state index is 12.4. The van der Waals surface area contributed by atoms with E-state index in [9.17, 15) is 24.2 Å². The number of benzene rings is 1. The number of non-ortho nitro benzene ring substituents is 1. The van der Waals surface area contributed by atoms with Crippen molar-refractivity contribution in [2.45, 2.75) is 18.6 Å². The van der Waals surface area contributed by atoms with Crippen molar-refractivity contribution in [1.82, 2.24) is 4.90 Å². The first-order valence-electron chi connectivity index (χ1n) is 6.54. The molecule has 21 heavy (non-hydrogen) atoms. The number of rotatable bonds is 2. The van der Waals surface area contributed by atoms with Gasteiger partial charge in [-0.1, -0.05) is 6.92 Å². The molecule has 1 heterocycles. The molecule has 1 N–H and O–H groups in total. The van der Waals surface area contributed by atoms with Crippen molar-refractivity contribution in [3.8, 4) is 5.75 Å². The topological polar surface area (TPSA) is 101 Å². The van der Waals surface area contributed by atoms with Gasteiger partial charge in [0, 0.05) is 41.0 Å². The standard InChI is InChI=1S/C13H16N2O5S/c1-9-4-5-14(6-7-21(9)20)13(17)11-3-2-10(15(18)19)8-12(11)16/h2-3,8-9,16H,4-7H2,1H3/t9-,21+/m0/s1. The quantitative estimate of drug-likeness (QED) is 0.655. The smallest absolute Gasteiger partial charge is 0.273 e. The van der Waals surface area contributed by atoms with Crippen LogP contribution in [0.2, 0.25) is 0 Å². The van der Waals surface area contributed by atoms with Gasteiger partial charge in [0.15, 0.2) is 0 Å². The molecule has 2 rings (SSSR count). The van der Waals surface area contributed by atoms with E-state index in [4.69, 9.17) is 0 Å². The molecular formula is C13H16N2O5S. The first-order chi connectivity index (χ1) is 9.90. The van der Waals surface area contributed by atoms with E-state index >= 15 is 0 Å². The fraction of sp³-hybridized carbons (Fsp3) is 0.462. The molecule has 114 valence electrons. The first kappa shape index (κ1) is 15.4. The first-order valence-corrected chi connectivity index (χ1v) is 7.92. The number of hydrogen-bond donors (Lipinski definition) is 1. The van der Waals surface area contributed by atoms with E-state index in [1.54, 1.807) is 0 Å². The zero-order valence-electron chi connectivity index (χ0n) is 11.5. The maximum Gasteiger partial charge on any atom is 0.273 e. The Morgan fingerprint density at radius 3 is 2.81 bits per heavy atom. The number of carbonyl (C=O) groups is 1. The van der Waals surface area contributed by atoms with Gasteiger partial charge in [-0.3, -0.25) is 19.1 Å². The molecular weight excluding hydrogens is 296 g/mol. The Hall–Kier alpha value is -1.96. The van der Waals surface area contributed by atoms with Gasteiger partial charge < -0.3 is 10.0 Å². The molecule has 1 amide bonds. The average molecular weight is 312 g/mol. The molecule has 8 heteroatoms. The van der Waals surface area contributed by atoms with E-state index in [0.29, 0.717) is 25.3 Å². The Bertz CT molecular complexity index is 604. The lowest BCUT2D eigenvalue weighted by Gasteiger charge is -2.20. The normalized spacial score (nSPS) is 22.6. The Morgan fingerprint density at radius 2 is 2.19 bits per heavy atom. The molecule has 1 aliphatic heterocycles. The molecule has 0 aliphatic carbocycles. The molecule has 0 aromatic heterocycles. The zero-order valence-corrected chi connectivity index (χ0v) is 12.3. The maximum atomic E-state index is 12.4. The van der Waals surface area contributed by atoms with Crippen LogP contribution in [0, 0.1) is 10.1 Å². The lowest BCUT2D eigenvalue weighted by atomic mass is 10.1. The number of carbonyl (C=O) groups excluding carboxylic acids is 1. The number of aromatic hydroxyl groups is 1. The van der Waals surface area contributed by atoms with E-state index in [1.807, 2.05) is 6.92 Å². The van der Waals surface area contributed by atoms with E-state index < -0.39 is 27.4 Å². The fourth-order valence-electron chi connectivity index (χ4n) is 2.17. The molecule has 1 saturated heterocycles. The molecule has 1 aromatic rings. The molecule has 0 radical (unpaired) electrons. The van der Waals surface area contributed by atoms with E-state index in [2.05, 4.69) is 0 Å². The predicted octanol–water partition coefficient (Wildman–Crippen LogP) is 1.28. The summed E-state index contributed by atoms with van der Waals surface area (Å²) in [6.45, 7) is 2.70. The van der Waals surface area contributed by atoms with Crippen LogP contribution < -0.4 is 0 Å². The molecule has 1 fully saturated rings. The number of hydrogen-bond acceptors (Lipinski definition) is 5. The lowest BCUT2D eigenvalue weighted by molar-refractivity contribution is -0.384. The second kappa shape index (κ2) is 6.21. The van der Waals surface area contributed by atoms with Gasteiger partial charge in [-0.2, -0.15) is 0 Å². The Labute approximate surface area is 124 Å². The van der Waals surface area contributed by atoms with Crippen LogP contribution in [-0.2, 0) is 10.8 Å². The van der Waals surface area contributed by atoms with Crippen molar-refractivity contribution in [1.29, 1.82) is 0 Å². The highest BCUT2D eigenvalue weighted by atomic mass is 32.2. The average Bonchev–Trinajstić information content (AvgIpc) is 2.61. The summed E-state index contributed by atoms with van der Waals surface area (Å²) >= 11 is 0. The van der Waals surface area contributed by atoms with Gasteiger partial charge in [-0.15, -0.1) is 0 Å². The fourth-order valence-corrected chi connectivity index (χ4v) is 3.34. The van der Waals surface area contributed by atoms with Crippen LogP contribution in [0.5, 0.6) is 5.75 Å². The highest BCUT2D eigenvalue weighted by Gasteiger charge is 2.25. The van der Waals surface area contributed by atoms with Crippen molar-refractivity contribution >= 4 is 22.4 Å². The summed E-state index contributed by atoms with van der Waals surface area (Å²) in [6.07, 6.45) is 0.631. The molecule has 1 aromatic carbocycles. The number of phenolic OH excluding ortho intramolecular Hbond substituents is 1. The number of phenols is 1. The van der Waals surface area contributed by atoms with E-state index in [1.165, 1.54) is 17.0 Å². The van der Waals surface area contributed by atoms with Gasteiger partial charge in [0.05, 0.1) is 16.6 Å². The predicted molar refractivity (Wildman–Crippen MR) is 77.8 cm³/mol. The third-order valence-electron chi connectivity index (χ3n) is 3.53. The highest BCUT2D eigenvalue weighted by Crippen LogP contribution is 2.25. The van der Waals surface area contributed by atoms with Crippen LogP contribution >= 0.6 is 0 Å². The van der Waals surface area contributed by atoms with Crippen molar-refractivity contribution in [3.63, 3.8) is 0 Å². The van der Waals surface area contributed by atoms with Crippen LogP contribution in [-0.4, -0.2) is 49.1 Å². The van der Waals surface area contributed by atoms with Crippen LogP contribution in [0.1, 0.15) is 23.7 Å². The Balaban J connectivity index is 2.20. The Morgan fingerprint density at radius 1 is 1.48 bits per heavy atom. The molecule has 1 aliphatic rings. The lowest BCUT2D eigenvalue weighted by Crippen LogP contribution is -2.33. The number of nitro groups is 1. The number of nitro benzene ring substituents is 1. The Kier molecular flexibility index (Phi) is 4.56. The molecule has 0 spiro atoms. The zero-order chi connectivity index (χ0) is 15.6. The second-order valence-corrected chi connectivity index (χ2v) is 6.91.